The molecule has 1 aliphatic rings. The van der Waals surface area contributed by atoms with Crippen LogP contribution < -0.4 is 5.32 Å². The van der Waals surface area contributed by atoms with Gasteiger partial charge in [-0.25, -0.2) is 0 Å². The number of piperidine rings is 1. The van der Waals surface area contributed by atoms with Crippen LogP contribution in [0.2, 0.25) is 10.0 Å². The number of rotatable bonds is 5. The molecule has 0 spiro atoms. The summed E-state index contributed by atoms with van der Waals surface area (Å²) in [6.07, 6.45) is 3.64. The summed E-state index contributed by atoms with van der Waals surface area (Å²) in [4.78, 5) is 33.0. The first-order chi connectivity index (χ1) is 17.5. The monoisotopic (exact) mass is 517 g/mol. The Morgan fingerprint density at radius 3 is 2.44 bits per heavy atom. The highest BCUT2D eigenvalue weighted by atomic mass is 35.5. The van der Waals surface area contributed by atoms with E-state index >= 15 is 0 Å². The lowest BCUT2D eigenvalue weighted by Gasteiger charge is -2.40. The van der Waals surface area contributed by atoms with Gasteiger partial charge in [0.25, 0.3) is 11.8 Å². The largest absolute Gasteiger partial charge is 0.349 e. The van der Waals surface area contributed by atoms with Gasteiger partial charge in [-0.05, 0) is 55.2 Å². The van der Waals surface area contributed by atoms with E-state index in [0.29, 0.717) is 47.0 Å². The minimum Gasteiger partial charge on any atom is -0.349 e. The number of para-hydroxylation sites is 1. The van der Waals surface area contributed by atoms with Gasteiger partial charge >= 0.3 is 0 Å². The van der Waals surface area contributed by atoms with Gasteiger partial charge in [0.1, 0.15) is 0 Å². The molecule has 182 valence electrons. The van der Waals surface area contributed by atoms with Crippen molar-refractivity contribution in [3.8, 4) is 0 Å². The van der Waals surface area contributed by atoms with Gasteiger partial charge in [-0.1, -0.05) is 71.7 Å². The molecule has 2 unspecified atom stereocenters. The van der Waals surface area contributed by atoms with E-state index in [2.05, 4.69) is 22.4 Å². The Morgan fingerprint density at radius 1 is 0.944 bits per heavy atom. The maximum Gasteiger partial charge on any atom is 0.254 e. The maximum atomic E-state index is 13.5. The zero-order valence-electron chi connectivity index (χ0n) is 19.5. The fourth-order valence-corrected chi connectivity index (χ4v) is 5.46. The molecule has 36 heavy (non-hydrogen) atoms. The number of carbonyl (C=O) groups excluding carboxylic acids is 2. The third kappa shape index (κ3) is 5.38. The second-order valence-corrected chi connectivity index (χ2v) is 9.94. The number of aromatic nitrogens is 1. The Kier molecular flexibility index (Phi) is 7.21. The van der Waals surface area contributed by atoms with E-state index in [4.69, 9.17) is 23.2 Å². The van der Waals surface area contributed by atoms with E-state index in [1.807, 2.05) is 47.4 Å². The molecular weight excluding hydrogens is 493 g/mol. The molecule has 0 saturated carbocycles. The van der Waals surface area contributed by atoms with Crippen LogP contribution in [0.25, 0.3) is 10.9 Å². The fraction of sp³-hybridized carbons (Fsp3) is 0.207. The summed E-state index contributed by atoms with van der Waals surface area (Å²) in [6.45, 7) is 0.516. The first kappa shape index (κ1) is 24.3. The van der Waals surface area contributed by atoms with Crippen LogP contribution >= 0.6 is 23.2 Å². The van der Waals surface area contributed by atoms with Crippen LogP contribution in [0.4, 0.5) is 0 Å². The second-order valence-electron chi connectivity index (χ2n) is 9.07. The summed E-state index contributed by atoms with van der Waals surface area (Å²) in [7, 11) is 0. The molecule has 4 aromatic rings. The third-order valence-corrected chi connectivity index (χ3v) is 7.07. The van der Waals surface area contributed by atoms with Gasteiger partial charge < -0.3 is 10.2 Å². The molecular formula is C29H25Cl2N3O2. The van der Waals surface area contributed by atoms with Crippen molar-refractivity contribution in [2.45, 2.75) is 31.3 Å². The Morgan fingerprint density at radius 2 is 1.67 bits per heavy atom. The van der Waals surface area contributed by atoms with Crippen LogP contribution in [0.15, 0.2) is 85.1 Å². The van der Waals surface area contributed by atoms with Gasteiger partial charge in [-0.15, -0.1) is 0 Å². The molecule has 2 heterocycles. The number of likely N-dealkylation sites (tertiary alicyclic amines) is 1. The van der Waals surface area contributed by atoms with Gasteiger partial charge in [0.2, 0.25) is 0 Å². The summed E-state index contributed by atoms with van der Waals surface area (Å²) in [5.74, 6) is -0.233. The molecule has 0 radical (unpaired) electrons. The number of hydrogen-bond acceptors (Lipinski definition) is 3. The van der Waals surface area contributed by atoms with Gasteiger partial charge in [-0.3, -0.25) is 14.6 Å². The standard InChI is InChI=1S/C29H25Cl2N3O2/c30-21-15-20(16-22(31)17-21)29(36)34-13-11-23(18-24(34)14-19-6-2-1-3-7-19)33-28(35)26-10-12-32-27-9-5-4-8-25(26)27/h1-10,12,15-17,23-24H,11,13-14,18H2,(H,33,35). The SMILES string of the molecule is O=C(NC1CCN(C(=O)c2cc(Cl)cc(Cl)c2)C(Cc2ccccc2)C1)c1ccnc2ccccc12. The summed E-state index contributed by atoms with van der Waals surface area (Å²) < 4.78 is 0. The lowest BCUT2D eigenvalue weighted by molar-refractivity contribution is 0.0571. The number of benzene rings is 3. The molecule has 5 nitrogen and oxygen atoms in total. The van der Waals surface area contributed by atoms with Crippen molar-refractivity contribution >= 4 is 45.9 Å². The number of nitrogens with zero attached hydrogens (tertiary/aromatic N) is 2. The molecule has 0 aliphatic carbocycles. The topological polar surface area (TPSA) is 62.3 Å². The zero-order valence-corrected chi connectivity index (χ0v) is 21.0. The molecule has 1 aliphatic heterocycles. The van der Waals surface area contributed by atoms with E-state index < -0.39 is 0 Å². The highest BCUT2D eigenvalue weighted by molar-refractivity contribution is 6.35. The first-order valence-electron chi connectivity index (χ1n) is 11.9. The van der Waals surface area contributed by atoms with Crippen molar-refractivity contribution in [1.29, 1.82) is 0 Å². The normalized spacial score (nSPS) is 17.7. The molecule has 3 aromatic carbocycles. The van der Waals surface area contributed by atoms with Crippen LogP contribution in [-0.4, -0.2) is 40.3 Å². The van der Waals surface area contributed by atoms with Crippen molar-refractivity contribution in [3.63, 3.8) is 0 Å². The van der Waals surface area contributed by atoms with Crippen molar-refractivity contribution < 1.29 is 9.59 Å². The molecule has 1 aromatic heterocycles. The first-order valence-corrected chi connectivity index (χ1v) is 12.7. The smallest absolute Gasteiger partial charge is 0.254 e. The van der Waals surface area contributed by atoms with E-state index in [1.54, 1.807) is 30.5 Å². The number of hydrogen-bond donors (Lipinski definition) is 1. The Balaban J connectivity index is 1.37. The zero-order chi connectivity index (χ0) is 25.1. The highest BCUT2D eigenvalue weighted by Gasteiger charge is 2.33. The fourth-order valence-electron chi connectivity index (χ4n) is 4.93. The predicted octanol–water partition coefficient (Wildman–Crippen LogP) is 6.19. The number of nitrogens with one attached hydrogen (secondary N) is 1. The number of carbonyl (C=O) groups is 2. The summed E-state index contributed by atoms with van der Waals surface area (Å²) in [6, 6.07) is 24.2. The van der Waals surface area contributed by atoms with Crippen molar-refractivity contribution in [2.75, 3.05) is 6.54 Å². The van der Waals surface area contributed by atoms with Crippen LogP contribution in [0.3, 0.4) is 0 Å². The van der Waals surface area contributed by atoms with Gasteiger partial charge in [-0.2, -0.15) is 0 Å². The van der Waals surface area contributed by atoms with Crippen LogP contribution in [-0.2, 0) is 6.42 Å². The second kappa shape index (κ2) is 10.7. The minimum absolute atomic E-state index is 0.0647. The highest BCUT2D eigenvalue weighted by Crippen LogP contribution is 2.27. The lowest BCUT2D eigenvalue weighted by atomic mass is 9.91. The Hall–Kier alpha value is -3.41. The minimum atomic E-state index is -0.126. The van der Waals surface area contributed by atoms with E-state index in [-0.39, 0.29) is 23.9 Å². The number of halogens is 2. The quantitative estimate of drug-likeness (QED) is 0.343. The van der Waals surface area contributed by atoms with E-state index in [1.165, 1.54) is 0 Å². The van der Waals surface area contributed by atoms with Crippen LogP contribution in [0.1, 0.15) is 39.1 Å². The van der Waals surface area contributed by atoms with Crippen molar-refractivity contribution in [1.82, 2.24) is 15.2 Å². The lowest BCUT2D eigenvalue weighted by Crippen LogP contribution is -2.52. The van der Waals surface area contributed by atoms with Crippen LogP contribution in [0, 0.1) is 0 Å². The molecule has 5 rings (SSSR count). The average Bonchev–Trinajstić information content (AvgIpc) is 2.88. The van der Waals surface area contributed by atoms with Gasteiger partial charge in [0.15, 0.2) is 0 Å². The predicted molar refractivity (Wildman–Crippen MR) is 144 cm³/mol. The molecule has 2 amide bonds. The third-order valence-electron chi connectivity index (χ3n) is 6.63. The van der Waals surface area contributed by atoms with E-state index in [9.17, 15) is 9.59 Å². The molecule has 1 fully saturated rings. The summed E-state index contributed by atoms with van der Waals surface area (Å²) in [5.41, 5.74) is 2.99. The Labute approximate surface area is 220 Å². The molecule has 1 N–H and O–H groups in total. The molecule has 0 bridgehead atoms. The van der Waals surface area contributed by atoms with Crippen LogP contribution in [0.5, 0.6) is 0 Å². The maximum absolute atomic E-state index is 13.5. The summed E-state index contributed by atoms with van der Waals surface area (Å²) >= 11 is 12.3. The van der Waals surface area contributed by atoms with Crippen molar-refractivity contribution in [3.05, 3.63) is 112 Å². The number of fused-ring (bicyclic) bond motifs is 1. The molecule has 1 saturated heterocycles. The molecule has 7 heteroatoms. The number of amides is 2. The van der Waals surface area contributed by atoms with E-state index in [0.717, 1.165) is 16.5 Å². The summed E-state index contributed by atoms with van der Waals surface area (Å²) in [5, 5.41) is 4.89. The molecule has 2 atom stereocenters. The number of pyridine rings is 1. The van der Waals surface area contributed by atoms with Gasteiger partial charge in [0, 0.05) is 45.8 Å². The average molecular weight is 518 g/mol. The van der Waals surface area contributed by atoms with Gasteiger partial charge in [0.05, 0.1) is 11.1 Å². The van der Waals surface area contributed by atoms with Crippen molar-refractivity contribution in [2.24, 2.45) is 0 Å². The Bertz CT molecular complexity index is 1380.